The van der Waals surface area contributed by atoms with Gasteiger partial charge in [0.1, 0.15) is 0 Å². The highest BCUT2D eigenvalue weighted by atomic mass is 16.5. The molecule has 2 rings (SSSR count). The van der Waals surface area contributed by atoms with E-state index in [9.17, 15) is 4.79 Å². The first-order valence-electron chi connectivity index (χ1n) is 6.86. The second kappa shape index (κ2) is 6.36. The summed E-state index contributed by atoms with van der Waals surface area (Å²) in [7, 11) is 0. The summed E-state index contributed by atoms with van der Waals surface area (Å²) in [6.07, 6.45) is 6.18. The molecule has 0 aromatic rings. The van der Waals surface area contributed by atoms with Gasteiger partial charge in [0, 0.05) is 25.7 Å². The van der Waals surface area contributed by atoms with Crippen LogP contribution < -0.4 is 11.1 Å². The summed E-state index contributed by atoms with van der Waals surface area (Å²) in [6, 6.07) is 0.326. The molecule has 1 saturated carbocycles. The smallest absolute Gasteiger partial charge is 0.220 e. The van der Waals surface area contributed by atoms with E-state index >= 15 is 0 Å². The number of nitrogens with one attached hydrogen (secondary N) is 1. The van der Waals surface area contributed by atoms with Crippen LogP contribution in [0.3, 0.4) is 0 Å². The molecule has 4 nitrogen and oxygen atoms in total. The van der Waals surface area contributed by atoms with Crippen molar-refractivity contribution in [1.29, 1.82) is 0 Å². The van der Waals surface area contributed by atoms with Crippen molar-refractivity contribution in [2.24, 2.45) is 17.6 Å². The van der Waals surface area contributed by atoms with Crippen molar-refractivity contribution in [1.82, 2.24) is 5.32 Å². The highest BCUT2D eigenvalue weighted by molar-refractivity contribution is 5.76. The first-order chi connectivity index (χ1) is 8.29. The minimum absolute atomic E-state index is 0.197. The van der Waals surface area contributed by atoms with Gasteiger partial charge in [-0.2, -0.15) is 0 Å². The maximum atomic E-state index is 11.8. The van der Waals surface area contributed by atoms with E-state index < -0.39 is 0 Å². The van der Waals surface area contributed by atoms with Crippen molar-refractivity contribution in [3.8, 4) is 0 Å². The van der Waals surface area contributed by atoms with Gasteiger partial charge in [0.05, 0.1) is 0 Å². The molecule has 98 valence electrons. The summed E-state index contributed by atoms with van der Waals surface area (Å²) in [5.74, 6) is 1.28. The number of carbonyl (C=O) groups is 1. The van der Waals surface area contributed by atoms with E-state index in [-0.39, 0.29) is 5.91 Å². The summed E-state index contributed by atoms with van der Waals surface area (Å²) in [5.41, 5.74) is 5.71. The average molecular weight is 240 g/mol. The van der Waals surface area contributed by atoms with Crippen LogP contribution in [0.5, 0.6) is 0 Å². The second-order valence-electron chi connectivity index (χ2n) is 5.37. The van der Waals surface area contributed by atoms with Crippen LogP contribution in [-0.2, 0) is 9.53 Å². The van der Waals surface area contributed by atoms with Crippen molar-refractivity contribution in [3.05, 3.63) is 0 Å². The normalized spacial score (nSPS) is 32.9. The second-order valence-corrected chi connectivity index (χ2v) is 5.37. The quantitative estimate of drug-likeness (QED) is 0.755. The lowest BCUT2D eigenvalue weighted by Gasteiger charge is -2.19. The fourth-order valence-corrected chi connectivity index (χ4v) is 2.93. The molecule has 0 spiro atoms. The summed E-state index contributed by atoms with van der Waals surface area (Å²) >= 11 is 0. The summed E-state index contributed by atoms with van der Waals surface area (Å²) in [5, 5.41) is 3.14. The maximum absolute atomic E-state index is 11.8. The van der Waals surface area contributed by atoms with Crippen LogP contribution >= 0.6 is 0 Å². The molecule has 0 aromatic carbocycles. The molecule has 1 amide bonds. The zero-order valence-corrected chi connectivity index (χ0v) is 10.5. The number of hydrogen-bond donors (Lipinski definition) is 2. The van der Waals surface area contributed by atoms with Crippen LogP contribution in [0.25, 0.3) is 0 Å². The van der Waals surface area contributed by atoms with Gasteiger partial charge in [0.15, 0.2) is 0 Å². The van der Waals surface area contributed by atoms with Gasteiger partial charge in [0.25, 0.3) is 0 Å². The third kappa shape index (κ3) is 3.68. The maximum Gasteiger partial charge on any atom is 0.220 e. The van der Waals surface area contributed by atoms with Crippen molar-refractivity contribution >= 4 is 5.91 Å². The SMILES string of the molecule is NCC1CCCC1NC(=O)CCC1CCOC1. The third-order valence-electron chi connectivity index (χ3n) is 4.11. The molecule has 0 bridgehead atoms. The van der Waals surface area contributed by atoms with E-state index in [0.717, 1.165) is 38.9 Å². The number of rotatable bonds is 5. The van der Waals surface area contributed by atoms with E-state index in [0.29, 0.717) is 30.8 Å². The fraction of sp³-hybridized carbons (Fsp3) is 0.923. The zero-order chi connectivity index (χ0) is 12.1. The molecule has 1 aliphatic heterocycles. The predicted molar refractivity (Wildman–Crippen MR) is 66.5 cm³/mol. The zero-order valence-electron chi connectivity index (χ0n) is 10.5. The number of ether oxygens (including phenoxy) is 1. The largest absolute Gasteiger partial charge is 0.381 e. The monoisotopic (exact) mass is 240 g/mol. The van der Waals surface area contributed by atoms with E-state index in [2.05, 4.69) is 5.32 Å². The Morgan fingerprint density at radius 2 is 2.24 bits per heavy atom. The Morgan fingerprint density at radius 1 is 1.35 bits per heavy atom. The van der Waals surface area contributed by atoms with Crippen molar-refractivity contribution in [2.45, 2.75) is 44.6 Å². The van der Waals surface area contributed by atoms with Crippen LogP contribution in [0.2, 0.25) is 0 Å². The summed E-state index contributed by atoms with van der Waals surface area (Å²) < 4.78 is 5.31. The van der Waals surface area contributed by atoms with E-state index in [4.69, 9.17) is 10.5 Å². The molecule has 1 aliphatic carbocycles. The Labute approximate surface area is 103 Å². The molecule has 0 aromatic heterocycles. The Morgan fingerprint density at radius 3 is 2.94 bits per heavy atom. The number of nitrogens with two attached hydrogens (primary N) is 1. The van der Waals surface area contributed by atoms with Crippen molar-refractivity contribution in [3.63, 3.8) is 0 Å². The molecular formula is C13H24N2O2. The van der Waals surface area contributed by atoms with Gasteiger partial charge in [-0.25, -0.2) is 0 Å². The highest BCUT2D eigenvalue weighted by Crippen LogP contribution is 2.25. The minimum Gasteiger partial charge on any atom is -0.381 e. The van der Waals surface area contributed by atoms with Crippen molar-refractivity contribution < 1.29 is 9.53 Å². The predicted octanol–water partition coefficient (Wildman–Crippen LogP) is 1.05. The Balaban J connectivity index is 1.65. The van der Waals surface area contributed by atoms with Crippen LogP contribution in [-0.4, -0.2) is 31.7 Å². The third-order valence-corrected chi connectivity index (χ3v) is 4.11. The molecule has 2 fully saturated rings. The highest BCUT2D eigenvalue weighted by Gasteiger charge is 2.27. The molecule has 4 heteroatoms. The fourth-order valence-electron chi connectivity index (χ4n) is 2.93. The topological polar surface area (TPSA) is 64.3 Å². The molecule has 3 unspecified atom stereocenters. The first-order valence-corrected chi connectivity index (χ1v) is 6.86. The lowest BCUT2D eigenvalue weighted by molar-refractivity contribution is -0.122. The van der Waals surface area contributed by atoms with Gasteiger partial charge in [-0.3, -0.25) is 4.79 Å². The lowest BCUT2D eigenvalue weighted by atomic mass is 10.0. The Bertz CT molecular complexity index is 252. The van der Waals surface area contributed by atoms with Crippen LogP contribution in [0.4, 0.5) is 0 Å². The minimum atomic E-state index is 0.197. The van der Waals surface area contributed by atoms with E-state index in [1.165, 1.54) is 6.42 Å². The Kier molecular flexibility index (Phi) is 4.80. The molecule has 17 heavy (non-hydrogen) atoms. The summed E-state index contributed by atoms with van der Waals surface area (Å²) in [6.45, 7) is 2.40. The molecule has 2 aliphatic rings. The number of hydrogen-bond acceptors (Lipinski definition) is 3. The molecule has 0 radical (unpaired) electrons. The molecule has 3 N–H and O–H groups in total. The van der Waals surface area contributed by atoms with Gasteiger partial charge in [-0.15, -0.1) is 0 Å². The lowest BCUT2D eigenvalue weighted by Crippen LogP contribution is -2.39. The van der Waals surface area contributed by atoms with Crippen LogP contribution in [0, 0.1) is 11.8 Å². The molecule has 1 heterocycles. The van der Waals surface area contributed by atoms with Gasteiger partial charge in [0.2, 0.25) is 5.91 Å². The first kappa shape index (κ1) is 12.8. The Hall–Kier alpha value is -0.610. The number of carbonyl (C=O) groups excluding carboxylic acids is 1. The van der Waals surface area contributed by atoms with Gasteiger partial charge >= 0.3 is 0 Å². The van der Waals surface area contributed by atoms with Crippen LogP contribution in [0.15, 0.2) is 0 Å². The molecule has 3 atom stereocenters. The summed E-state index contributed by atoms with van der Waals surface area (Å²) in [4.78, 5) is 11.8. The van der Waals surface area contributed by atoms with Gasteiger partial charge in [-0.1, -0.05) is 6.42 Å². The van der Waals surface area contributed by atoms with Gasteiger partial charge in [-0.05, 0) is 44.1 Å². The van der Waals surface area contributed by atoms with Gasteiger partial charge < -0.3 is 15.8 Å². The molecular weight excluding hydrogens is 216 g/mol. The standard InChI is InChI=1S/C13H24N2O2/c14-8-11-2-1-3-12(11)15-13(16)5-4-10-6-7-17-9-10/h10-12H,1-9,14H2,(H,15,16). The van der Waals surface area contributed by atoms with E-state index in [1.807, 2.05) is 0 Å². The van der Waals surface area contributed by atoms with Crippen molar-refractivity contribution in [2.75, 3.05) is 19.8 Å². The van der Waals surface area contributed by atoms with E-state index in [1.54, 1.807) is 0 Å². The number of amides is 1. The van der Waals surface area contributed by atoms with Crippen LogP contribution in [0.1, 0.15) is 38.5 Å². The average Bonchev–Trinajstić information content (AvgIpc) is 2.97. The molecule has 1 saturated heterocycles.